The van der Waals surface area contributed by atoms with E-state index in [1.165, 1.54) is 6.42 Å². The van der Waals surface area contributed by atoms with Gasteiger partial charge in [-0.05, 0) is 62.5 Å². The third kappa shape index (κ3) is 3.57. The van der Waals surface area contributed by atoms with Crippen molar-refractivity contribution in [1.29, 1.82) is 0 Å². The van der Waals surface area contributed by atoms with Gasteiger partial charge in [-0.1, -0.05) is 6.42 Å². The van der Waals surface area contributed by atoms with Crippen molar-refractivity contribution in [3.05, 3.63) is 27.2 Å². The van der Waals surface area contributed by atoms with E-state index in [0.717, 1.165) is 42.5 Å². The summed E-state index contributed by atoms with van der Waals surface area (Å²) in [5.41, 5.74) is 9.18. The molecule has 2 aromatic rings. The minimum Gasteiger partial charge on any atom is -0.353 e. The first-order valence-electron chi connectivity index (χ1n) is 9.95. The number of nitrogens with two attached hydrogens (primary N) is 1. The Morgan fingerprint density at radius 3 is 2.57 bits per heavy atom. The standard InChI is InChI=1S/C20H29N5O2.ClH/c1-10-15(11(2)22-19-17(10)20(27)24-25(19)3)9-16(26)23-18-12-5-4-6-13(18)8-14(21)7-12;/h12-14,18H,4-9,21H2,1-3H3,(H,23,26)(H,24,27);1H. The molecular weight excluding hydrogens is 378 g/mol. The number of hydrogen-bond acceptors (Lipinski definition) is 4. The number of H-pyrrole nitrogens is 1. The van der Waals surface area contributed by atoms with Crippen LogP contribution in [0.2, 0.25) is 0 Å². The number of rotatable bonds is 3. The van der Waals surface area contributed by atoms with Crippen LogP contribution in [0.15, 0.2) is 4.79 Å². The van der Waals surface area contributed by atoms with Crippen LogP contribution in [0.5, 0.6) is 0 Å². The summed E-state index contributed by atoms with van der Waals surface area (Å²) in [5, 5.41) is 6.62. The molecule has 2 fully saturated rings. The third-order valence-electron chi connectivity index (χ3n) is 6.62. The molecule has 0 radical (unpaired) electrons. The van der Waals surface area contributed by atoms with Gasteiger partial charge >= 0.3 is 0 Å². The van der Waals surface area contributed by atoms with E-state index in [0.29, 0.717) is 22.9 Å². The molecule has 7 nitrogen and oxygen atoms in total. The van der Waals surface area contributed by atoms with Crippen molar-refractivity contribution in [3.8, 4) is 0 Å². The van der Waals surface area contributed by atoms with Gasteiger partial charge in [0.05, 0.1) is 11.8 Å². The number of nitrogens with one attached hydrogen (secondary N) is 2. The zero-order valence-corrected chi connectivity index (χ0v) is 17.6. The van der Waals surface area contributed by atoms with Crippen molar-refractivity contribution < 1.29 is 4.79 Å². The normalized spacial score (nSPS) is 26.7. The molecule has 154 valence electrons. The van der Waals surface area contributed by atoms with Gasteiger partial charge in [0, 0.05) is 24.8 Å². The van der Waals surface area contributed by atoms with Crippen LogP contribution in [0.4, 0.5) is 0 Å². The number of aromatic nitrogens is 3. The lowest BCUT2D eigenvalue weighted by molar-refractivity contribution is -0.122. The predicted molar refractivity (Wildman–Crippen MR) is 112 cm³/mol. The van der Waals surface area contributed by atoms with Crippen LogP contribution in [0, 0.1) is 25.7 Å². The molecule has 8 heteroatoms. The number of halogens is 1. The Balaban J connectivity index is 0.00000225. The topological polar surface area (TPSA) is 106 Å². The number of pyridine rings is 1. The van der Waals surface area contributed by atoms with Crippen LogP contribution in [-0.4, -0.2) is 32.8 Å². The number of fused-ring (bicyclic) bond motifs is 3. The maximum Gasteiger partial charge on any atom is 0.273 e. The van der Waals surface area contributed by atoms with Gasteiger partial charge < -0.3 is 11.1 Å². The fourth-order valence-electron chi connectivity index (χ4n) is 5.33. The number of nitrogens with zero attached hydrogens (tertiary/aromatic N) is 2. The number of aromatic amines is 1. The molecule has 2 aliphatic rings. The molecule has 2 heterocycles. The molecule has 1 amide bonds. The fraction of sp³-hybridized carbons (Fsp3) is 0.650. The number of carbonyl (C=O) groups excluding carboxylic acids is 1. The van der Waals surface area contributed by atoms with E-state index < -0.39 is 0 Å². The Morgan fingerprint density at radius 1 is 1.29 bits per heavy atom. The second-order valence-corrected chi connectivity index (χ2v) is 8.45. The van der Waals surface area contributed by atoms with E-state index in [2.05, 4.69) is 15.4 Å². The Hall–Kier alpha value is -1.86. The molecule has 2 aliphatic carbocycles. The summed E-state index contributed by atoms with van der Waals surface area (Å²) in [7, 11) is 1.77. The average Bonchev–Trinajstić information content (AvgIpc) is 2.86. The quantitative estimate of drug-likeness (QED) is 0.722. The lowest BCUT2D eigenvalue weighted by Gasteiger charge is -2.45. The molecule has 0 aliphatic heterocycles. The monoisotopic (exact) mass is 407 g/mol. The maximum atomic E-state index is 12.9. The number of hydrogen-bond donors (Lipinski definition) is 3. The van der Waals surface area contributed by atoms with Gasteiger partial charge in [-0.2, -0.15) is 0 Å². The molecule has 4 rings (SSSR count). The first-order chi connectivity index (χ1) is 12.8. The highest BCUT2D eigenvalue weighted by atomic mass is 35.5. The molecule has 2 aromatic heterocycles. The molecule has 2 unspecified atom stereocenters. The van der Waals surface area contributed by atoms with Crippen LogP contribution >= 0.6 is 12.4 Å². The van der Waals surface area contributed by atoms with Crippen molar-refractivity contribution >= 4 is 29.3 Å². The summed E-state index contributed by atoms with van der Waals surface area (Å²) in [5.74, 6) is 1.01. The largest absolute Gasteiger partial charge is 0.353 e. The van der Waals surface area contributed by atoms with Crippen molar-refractivity contribution in [3.63, 3.8) is 0 Å². The van der Waals surface area contributed by atoms with E-state index in [9.17, 15) is 9.59 Å². The first-order valence-corrected chi connectivity index (χ1v) is 9.95. The summed E-state index contributed by atoms with van der Waals surface area (Å²) >= 11 is 0. The maximum absolute atomic E-state index is 12.9. The minimum absolute atomic E-state index is 0. The van der Waals surface area contributed by atoms with Crippen molar-refractivity contribution in [1.82, 2.24) is 20.1 Å². The van der Waals surface area contributed by atoms with Gasteiger partial charge in [0.25, 0.3) is 5.56 Å². The molecule has 2 atom stereocenters. The van der Waals surface area contributed by atoms with Gasteiger partial charge in [-0.15, -0.1) is 12.4 Å². The van der Waals surface area contributed by atoms with Crippen molar-refractivity contribution in [2.75, 3.05) is 0 Å². The summed E-state index contributed by atoms with van der Waals surface area (Å²) in [4.78, 5) is 29.6. The fourth-order valence-corrected chi connectivity index (χ4v) is 5.33. The summed E-state index contributed by atoms with van der Waals surface area (Å²) in [6.45, 7) is 3.81. The van der Waals surface area contributed by atoms with Crippen molar-refractivity contribution in [2.24, 2.45) is 24.6 Å². The van der Waals surface area contributed by atoms with Gasteiger partial charge in [0.2, 0.25) is 5.91 Å². The summed E-state index contributed by atoms with van der Waals surface area (Å²) < 4.78 is 1.63. The summed E-state index contributed by atoms with van der Waals surface area (Å²) in [6.07, 6.45) is 5.82. The number of carbonyl (C=O) groups is 1. The van der Waals surface area contributed by atoms with Crippen LogP contribution in [0.1, 0.15) is 48.9 Å². The van der Waals surface area contributed by atoms with Crippen LogP contribution < -0.4 is 16.6 Å². The van der Waals surface area contributed by atoms with E-state index in [4.69, 9.17) is 5.73 Å². The summed E-state index contributed by atoms with van der Waals surface area (Å²) in [6, 6.07) is 0.512. The Kier molecular flexibility index (Phi) is 5.87. The highest BCUT2D eigenvalue weighted by molar-refractivity contribution is 5.85. The molecule has 2 saturated carbocycles. The molecule has 28 heavy (non-hydrogen) atoms. The lowest BCUT2D eigenvalue weighted by Crippen LogP contribution is -2.54. The molecule has 4 N–H and O–H groups in total. The van der Waals surface area contributed by atoms with Crippen LogP contribution in [0.3, 0.4) is 0 Å². The van der Waals surface area contributed by atoms with Gasteiger partial charge in [-0.3, -0.25) is 19.4 Å². The molecule has 2 bridgehead atoms. The van der Waals surface area contributed by atoms with Crippen LogP contribution in [-0.2, 0) is 18.3 Å². The predicted octanol–water partition coefficient (Wildman–Crippen LogP) is 1.86. The van der Waals surface area contributed by atoms with Crippen LogP contribution in [0.25, 0.3) is 11.0 Å². The second kappa shape index (κ2) is 7.87. The molecule has 0 spiro atoms. The van der Waals surface area contributed by atoms with Gasteiger partial charge in [0.1, 0.15) is 0 Å². The number of amides is 1. The Labute approximate surface area is 170 Å². The zero-order chi connectivity index (χ0) is 19.3. The number of aryl methyl sites for hydroxylation is 3. The first kappa shape index (κ1) is 20.9. The lowest BCUT2D eigenvalue weighted by atomic mass is 9.67. The SMILES string of the molecule is Cc1nc2c(c(C)c1CC(=O)NC1C3CCCC1CC(N)C3)c(=O)[nH]n2C.Cl. The molecule has 0 saturated heterocycles. The minimum atomic E-state index is -0.157. The average molecular weight is 408 g/mol. The van der Waals surface area contributed by atoms with Crippen molar-refractivity contribution in [2.45, 2.75) is 64.5 Å². The van der Waals surface area contributed by atoms with E-state index in [1.54, 1.807) is 11.7 Å². The molecule has 0 aromatic carbocycles. The van der Waals surface area contributed by atoms with E-state index >= 15 is 0 Å². The smallest absolute Gasteiger partial charge is 0.273 e. The molecular formula is C20H30ClN5O2. The van der Waals surface area contributed by atoms with E-state index in [-0.39, 0.29) is 42.4 Å². The highest BCUT2D eigenvalue weighted by Crippen LogP contribution is 2.39. The van der Waals surface area contributed by atoms with Gasteiger partial charge in [-0.25, -0.2) is 4.98 Å². The van der Waals surface area contributed by atoms with E-state index in [1.807, 2.05) is 13.8 Å². The highest BCUT2D eigenvalue weighted by Gasteiger charge is 2.39. The second-order valence-electron chi connectivity index (χ2n) is 8.45. The zero-order valence-electron chi connectivity index (χ0n) is 16.7. The Morgan fingerprint density at radius 2 is 1.93 bits per heavy atom. The Bertz CT molecular complexity index is 936. The third-order valence-corrected chi connectivity index (χ3v) is 6.62. The van der Waals surface area contributed by atoms with Gasteiger partial charge in [0.15, 0.2) is 5.65 Å².